The molecule has 34 heavy (non-hydrogen) atoms. The van der Waals surface area contributed by atoms with E-state index in [1.165, 1.54) is 28.6 Å². The summed E-state index contributed by atoms with van der Waals surface area (Å²) in [7, 11) is -7.27. The van der Waals surface area contributed by atoms with E-state index >= 15 is 0 Å². The maximum Gasteiger partial charge on any atom is 0.266 e. The molecule has 1 aliphatic rings. The van der Waals surface area contributed by atoms with E-state index < -0.39 is 31.8 Å². The number of sulfonamides is 1. The SMILES string of the molecule is C#CCn1c(=NC(=O)C2CCCN2S(=O)(=O)c2ccc(C)cc2)sc2cc(S(C)(=O)=O)ccc21. The van der Waals surface area contributed by atoms with E-state index in [-0.39, 0.29) is 22.9 Å². The molecule has 4 rings (SSSR count). The van der Waals surface area contributed by atoms with Crippen molar-refractivity contribution < 1.29 is 21.6 Å². The number of rotatable bonds is 5. The highest BCUT2D eigenvalue weighted by Crippen LogP contribution is 2.27. The van der Waals surface area contributed by atoms with Crippen LogP contribution in [0.5, 0.6) is 0 Å². The fourth-order valence-corrected chi connectivity index (χ4v) is 7.35. The molecule has 1 saturated heterocycles. The second-order valence-electron chi connectivity index (χ2n) is 8.11. The first-order chi connectivity index (χ1) is 16.0. The Morgan fingerprint density at radius 1 is 1.15 bits per heavy atom. The summed E-state index contributed by atoms with van der Waals surface area (Å²) in [6.07, 6.45) is 7.54. The lowest BCUT2D eigenvalue weighted by molar-refractivity contribution is -0.121. The Hall–Kier alpha value is -2.78. The highest BCUT2D eigenvalue weighted by atomic mass is 32.2. The minimum Gasteiger partial charge on any atom is -0.305 e. The van der Waals surface area contributed by atoms with E-state index in [0.717, 1.165) is 23.2 Å². The van der Waals surface area contributed by atoms with Gasteiger partial charge in [0.2, 0.25) is 10.0 Å². The van der Waals surface area contributed by atoms with Crippen LogP contribution in [0.15, 0.2) is 57.2 Å². The van der Waals surface area contributed by atoms with Gasteiger partial charge in [0, 0.05) is 12.8 Å². The van der Waals surface area contributed by atoms with Crippen molar-refractivity contribution in [3.05, 3.63) is 52.8 Å². The lowest BCUT2D eigenvalue weighted by atomic mass is 10.2. The largest absolute Gasteiger partial charge is 0.305 e. The van der Waals surface area contributed by atoms with E-state index in [4.69, 9.17) is 6.42 Å². The standard InChI is InChI=1S/C23H23N3O5S3/c1-4-13-25-19-12-11-18(33(3,28)29)15-21(19)32-23(25)24-22(27)20-6-5-14-26(20)34(30,31)17-9-7-16(2)8-10-17/h1,7-12,15,20H,5-6,13-14H2,2-3H3. The van der Waals surface area contributed by atoms with E-state index in [9.17, 15) is 21.6 Å². The monoisotopic (exact) mass is 517 g/mol. The average molecular weight is 518 g/mol. The summed E-state index contributed by atoms with van der Waals surface area (Å²) < 4.78 is 53.7. The number of benzene rings is 2. The van der Waals surface area contributed by atoms with Gasteiger partial charge >= 0.3 is 0 Å². The van der Waals surface area contributed by atoms with Crippen LogP contribution < -0.4 is 4.80 Å². The first-order valence-electron chi connectivity index (χ1n) is 10.5. The molecule has 2 aromatic carbocycles. The molecule has 8 nitrogen and oxygen atoms in total. The van der Waals surface area contributed by atoms with Crippen molar-refractivity contribution in [1.29, 1.82) is 0 Å². The Balaban J connectivity index is 1.75. The number of carbonyl (C=O) groups is 1. The number of hydrogen-bond donors (Lipinski definition) is 0. The van der Waals surface area contributed by atoms with Crippen molar-refractivity contribution in [2.24, 2.45) is 4.99 Å². The molecule has 1 fully saturated rings. The van der Waals surface area contributed by atoms with Crippen LogP contribution in [0.25, 0.3) is 10.2 Å². The summed E-state index contributed by atoms with van der Waals surface area (Å²) in [6, 6.07) is 10.2. The summed E-state index contributed by atoms with van der Waals surface area (Å²) in [4.78, 5) is 18.0. The smallest absolute Gasteiger partial charge is 0.266 e. The van der Waals surface area contributed by atoms with Crippen LogP contribution >= 0.6 is 11.3 Å². The van der Waals surface area contributed by atoms with Crippen LogP contribution in [0.4, 0.5) is 0 Å². The van der Waals surface area contributed by atoms with E-state index in [1.54, 1.807) is 22.8 Å². The molecule has 1 aliphatic heterocycles. The number of terminal acetylenes is 1. The summed E-state index contributed by atoms with van der Waals surface area (Å²) >= 11 is 1.14. The molecule has 0 spiro atoms. The Morgan fingerprint density at radius 3 is 2.47 bits per heavy atom. The number of carbonyl (C=O) groups excluding carboxylic acids is 1. The molecule has 0 radical (unpaired) electrons. The molecule has 2 heterocycles. The van der Waals surface area contributed by atoms with E-state index in [0.29, 0.717) is 27.9 Å². The highest BCUT2D eigenvalue weighted by Gasteiger charge is 2.39. The average Bonchev–Trinajstić information content (AvgIpc) is 3.39. The molecule has 1 aromatic heterocycles. The molecule has 11 heteroatoms. The van der Waals surface area contributed by atoms with Crippen LogP contribution in [0.2, 0.25) is 0 Å². The first-order valence-corrected chi connectivity index (χ1v) is 14.6. The van der Waals surface area contributed by atoms with Gasteiger partial charge in [0.15, 0.2) is 14.6 Å². The summed E-state index contributed by atoms with van der Waals surface area (Å²) in [5.41, 5.74) is 1.59. The number of aromatic nitrogens is 1. The number of hydrogen-bond acceptors (Lipinski definition) is 6. The molecule has 178 valence electrons. The number of nitrogens with zero attached hydrogens (tertiary/aromatic N) is 3. The van der Waals surface area contributed by atoms with Gasteiger partial charge in [0.1, 0.15) is 6.04 Å². The second kappa shape index (κ2) is 9.11. The summed E-state index contributed by atoms with van der Waals surface area (Å²) in [5, 5.41) is 0. The zero-order valence-electron chi connectivity index (χ0n) is 18.6. The number of thiazole rings is 1. The van der Waals surface area contributed by atoms with Gasteiger partial charge in [-0.15, -0.1) is 6.42 Å². The van der Waals surface area contributed by atoms with Crippen LogP contribution in [0, 0.1) is 19.3 Å². The maximum absolute atomic E-state index is 13.2. The van der Waals surface area contributed by atoms with Gasteiger partial charge in [-0.05, 0) is 50.1 Å². The van der Waals surface area contributed by atoms with Gasteiger partial charge in [0.25, 0.3) is 5.91 Å². The lowest BCUT2D eigenvalue weighted by Crippen LogP contribution is -2.40. The fourth-order valence-electron chi connectivity index (χ4n) is 3.90. The van der Waals surface area contributed by atoms with Gasteiger partial charge in [-0.3, -0.25) is 4.79 Å². The zero-order chi connectivity index (χ0) is 24.7. The topological polar surface area (TPSA) is 106 Å². The number of aryl methyl sites for hydroxylation is 1. The van der Waals surface area contributed by atoms with Gasteiger partial charge in [-0.25, -0.2) is 16.8 Å². The van der Waals surface area contributed by atoms with Crippen molar-refractivity contribution in [3.63, 3.8) is 0 Å². The van der Waals surface area contributed by atoms with E-state index in [1.807, 2.05) is 6.92 Å². The number of amides is 1. The quantitative estimate of drug-likeness (QED) is 0.483. The second-order valence-corrected chi connectivity index (χ2v) is 13.0. The molecule has 0 N–H and O–H groups in total. The fraction of sp³-hybridized carbons (Fsp3) is 0.304. The van der Waals surface area contributed by atoms with Gasteiger partial charge in [0.05, 0.1) is 26.6 Å². The molecule has 1 atom stereocenters. The Bertz CT molecular complexity index is 1590. The van der Waals surface area contributed by atoms with Crippen LogP contribution in [0.3, 0.4) is 0 Å². The third-order valence-electron chi connectivity index (χ3n) is 5.65. The predicted molar refractivity (Wildman–Crippen MR) is 130 cm³/mol. The van der Waals surface area contributed by atoms with Crippen LogP contribution in [-0.4, -0.2) is 50.5 Å². The predicted octanol–water partition coefficient (Wildman–Crippen LogP) is 2.33. The van der Waals surface area contributed by atoms with Crippen LogP contribution in [-0.2, 0) is 31.2 Å². The number of fused-ring (bicyclic) bond motifs is 1. The lowest BCUT2D eigenvalue weighted by Gasteiger charge is -2.21. The molecule has 0 saturated carbocycles. The van der Waals surface area contributed by atoms with E-state index in [2.05, 4.69) is 10.9 Å². The maximum atomic E-state index is 13.2. The summed E-state index contributed by atoms with van der Waals surface area (Å²) in [6.45, 7) is 2.23. The van der Waals surface area contributed by atoms with Crippen molar-refractivity contribution >= 4 is 47.3 Å². The zero-order valence-corrected chi connectivity index (χ0v) is 21.1. The van der Waals surface area contributed by atoms with Crippen molar-refractivity contribution in [1.82, 2.24) is 8.87 Å². The normalized spacial score (nSPS) is 17.8. The molecule has 0 aliphatic carbocycles. The molecule has 1 unspecified atom stereocenters. The highest BCUT2D eigenvalue weighted by molar-refractivity contribution is 7.90. The van der Waals surface area contributed by atoms with Gasteiger partial charge in [-0.1, -0.05) is 35.0 Å². The van der Waals surface area contributed by atoms with Crippen molar-refractivity contribution in [2.75, 3.05) is 12.8 Å². The Labute approximate surface area is 202 Å². The third kappa shape index (κ3) is 4.59. The molecular weight excluding hydrogens is 494 g/mol. The Morgan fingerprint density at radius 2 is 1.82 bits per heavy atom. The molecule has 0 bridgehead atoms. The molecule has 3 aromatic rings. The van der Waals surface area contributed by atoms with Crippen molar-refractivity contribution in [3.8, 4) is 12.3 Å². The Kier molecular flexibility index (Phi) is 6.52. The summed E-state index contributed by atoms with van der Waals surface area (Å²) in [5.74, 6) is 1.95. The minimum atomic E-state index is -3.86. The third-order valence-corrected chi connectivity index (χ3v) is 9.73. The van der Waals surface area contributed by atoms with Gasteiger partial charge in [-0.2, -0.15) is 9.30 Å². The molecule has 1 amide bonds. The molecular formula is C23H23N3O5S3. The first kappa shape index (κ1) is 24.3. The van der Waals surface area contributed by atoms with Crippen LogP contribution in [0.1, 0.15) is 18.4 Å². The minimum absolute atomic E-state index is 0.125. The number of sulfone groups is 1. The van der Waals surface area contributed by atoms with Gasteiger partial charge < -0.3 is 4.57 Å². The van der Waals surface area contributed by atoms with Crippen molar-refractivity contribution in [2.45, 2.75) is 42.1 Å².